The maximum atomic E-state index is 13.8. The Morgan fingerprint density at radius 2 is 2.21 bits per heavy atom. The monoisotopic (exact) mass is 328 g/mol. The first kappa shape index (κ1) is 13.2. The van der Waals surface area contributed by atoms with Gasteiger partial charge in [0.1, 0.15) is 17.3 Å². The molecule has 0 saturated carbocycles. The molecule has 0 aliphatic heterocycles. The Morgan fingerprint density at radius 3 is 2.88 bits per heavy atom. The van der Waals surface area contributed by atoms with Crippen LogP contribution in [0, 0.1) is 15.9 Å². The van der Waals surface area contributed by atoms with Crippen LogP contribution in [0.2, 0.25) is 0 Å². The molecule has 122 valence electrons. The number of hydrogen-bond acceptors (Lipinski definition) is 4. The SMILES string of the molecule is [2H]C([2H])(c1cc[nH]c1)c1ccc(O[11CH3])c(-c2cc(F)cc([N+](=O)[O-])c2)n1. The van der Waals surface area contributed by atoms with Crippen LogP contribution >= 0.6 is 0 Å². The molecule has 1 N–H and O–H groups in total. The minimum absolute atomic E-state index is 0.0693. The van der Waals surface area contributed by atoms with Crippen LogP contribution in [0.1, 0.15) is 14.0 Å². The van der Waals surface area contributed by atoms with Crippen molar-refractivity contribution in [3.05, 3.63) is 76.0 Å². The second-order valence-corrected chi connectivity index (χ2v) is 4.93. The number of nitro groups is 1. The molecule has 24 heavy (non-hydrogen) atoms. The topological polar surface area (TPSA) is 81.0 Å². The number of ether oxygens (including phenoxy) is 1. The fraction of sp³-hybridized carbons (Fsp3) is 0.118. The Bertz CT molecular complexity index is 962. The van der Waals surface area contributed by atoms with Gasteiger partial charge in [-0.05, 0) is 29.8 Å². The molecule has 0 amide bonds. The molecule has 3 aromatic rings. The highest BCUT2D eigenvalue weighted by atomic mass is 19.1. The quantitative estimate of drug-likeness (QED) is 0.571. The number of benzene rings is 1. The van der Waals surface area contributed by atoms with E-state index in [1.54, 1.807) is 12.3 Å². The van der Waals surface area contributed by atoms with Gasteiger partial charge in [-0.25, -0.2) is 9.37 Å². The number of aromatic nitrogens is 2. The van der Waals surface area contributed by atoms with E-state index in [0.717, 1.165) is 12.1 Å². The van der Waals surface area contributed by atoms with Crippen molar-refractivity contribution in [1.82, 2.24) is 9.97 Å². The summed E-state index contributed by atoms with van der Waals surface area (Å²) < 4.78 is 35.7. The molecule has 3 rings (SSSR count). The molecule has 2 heterocycles. The number of hydrogen-bond donors (Lipinski definition) is 1. The lowest BCUT2D eigenvalue weighted by Gasteiger charge is -2.10. The predicted molar refractivity (Wildman–Crippen MR) is 86.4 cm³/mol. The highest BCUT2D eigenvalue weighted by Gasteiger charge is 2.16. The zero-order valence-electron chi connectivity index (χ0n) is 14.6. The molecule has 0 aliphatic carbocycles. The number of halogens is 1. The van der Waals surface area contributed by atoms with E-state index in [2.05, 4.69) is 9.97 Å². The molecular formula is C17H14FN3O3. The number of methoxy groups -OCH3 is 1. The fourth-order valence-corrected chi connectivity index (χ4v) is 2.25. The van der Waals surface area contributed by atoms with Crippen LogP contribution in [0.3, 0.4) is 0 Å². The lowest BCUT2D eigenvalue weighted by atomic mass is 10.1. The van der Waals surface area contributed by atoms with Gasteiger partial charge in [-0.1, -0.05) is 0 Å². The zero-order valence-corrected chi connectivity index (χ0v) is 12.6. The number of nitrogens with one attached hydrogen (secondary N) is 1. The number of aromatic amines is 1. The molecule has 0 saturated heterocycles. The lowest BCUT2D eigenvalue weighted by molar-refractivity contribution is -0.385. The van der Waals surface area contributed by atoms with Crippen molar-refractivity contribution < 1.29 is 16.8 Å². The Morgan fingerprint density at radius 1 is 1.38 bits per heavy atom. The van der Waals surface area contributed by atoms with Crippen molar-refractivity contribution in [2.75, 3.05) is 7.11 Å². The summed E-state index contributed by atoms with van der Waals surface area (Å²) in [6, 6.07) is 7.61. The van der Waals surface area contributed by atoms with Gasteiger partial charge in [0, 0.05) is 38.8 Å². The largest absolute Gasteiger partial charge is 0.494 e. The van der Waals surface area contributed by atoms with E-state index >= 15 is 0 Å². The van der Waals surface area contributed by atoms with Crippen LogP contribution < -0.4 is 4.74 Å². The van der Waals surface area contributed by atoms with Crippen molar-refractivity contribution in [2.45, 2.75) is 6.37 Å². The zero-order chi connectivity index (χ0) is 18.9. The van der Waals surface area contributed by atoms with Gasteiger partial charge in [0.2, 0.25) is 0 Å². The van der Waals surface area contributed by atoms with Gasteiger partial charge in [-0.3, -0.25) is 10.1 Å². The van der Waals surface area contributed by atoms with E-state index in [0.29, 0.717) is 5.56 Å². The smallest absolute Gasteiger partial charge is 0.273 e. The first-order chi connectivity index (χ1) is 12.3. The van der Waals surface area contributed by atoms with E-state index in [1.807, 2.05) is 0 Å². The maximum absolute atomic E-state index is 13.8. The third kappa shape index (κ3) is 3.24. The number of pyridine rings is 1. The Labute approximate surface area is 139 Å². The van der Waals surface area contributed by atoms with Crippen molar-refractivity contribution in [3.63, 3.8) is 0 Å². The molecule has 2 aromatic heterocycles. The normalized spacial score (nSPS) is 12.4. The fourth-order valence-electron chi connectivity index (χ4n) is 2.25. The summed E-state index contributed by atoms with van der Waals surface area (Å²) in [5, 5.41) is 11.0. The van der Waals surface area contributed by atoms with Gasteiger partial charge < -0.3 is 9.72 Å². The van der Waals surface area contributed by atoms with E-state index in [9.17, 15) is 14.5 Å². The summed E-state index contributed by atoms with van der Waals surface area (Å²) in [6.45, 7) is 0. The Hall–Kier alpha value is -3.22. The highest BCUT2D eigenvalue weighted by molar-refractivity contribution is 5.69. The summed E-state index contributed by atoms with van der Waals surface area (Å²) in [5.74, 6) is -0.546. The summed E-state index contributed by atoms with van der Waals surface area (Å²) in [5.41, 5.74) is 0.251. The molecular weight excluding hydrogens is 312 g/mol. The maximum Gasteiger partial charge on any atom is 0.273 e. The van der Waals surface area contributed by atoms with Crippen LogP contribution in [0.4, 0.5) is 10.1 Å². The highest BCUT2D eigenvalue weighted by Crippen LogP contribution is 2.31. The molecule has 0 bridgehead atoms. The molecule has 1 aromatic carbocycles. The molecule has 0 atom stereocenters. The second kappa shape index (κ2) is 6.49. The summed E-state index contributed by atoms with van der Waals surface area (Å²) >= 11 is 0. The average molecular weight is 328 g/mol. The van der Waals surface area contributed by atoms with Gasteiger partial charge in [-0.2, -0.15) is 0 Å². The molecule has 0 fully saturated rings. The summed E-state index contributed by atoms with van der Waals surface area (Å²) in [6.07, 6.45) is 1.19. The van der Waals surface area contributed by atoms with E-state index in [1.165, 1.54) is 31.5 Å². The predicted octanol–water partition coefficient (Wildman–Crippen LogP) is 3.72. The Kier molecular flexibility index (Phi) is 3.58. The minimum Gasteiger partial charge on any atom is -0.494 e. The number of nitro benzene ring substituents is 1. The molecule has 0 unspecified atom stereocenters. The summed E-state index contributed by atoms with van der Waals surface area (Å²) in [7, 11) is 1.38. The van der Waals surface area contributed by atoms with Crippen molar-refractivity contribution in [2.24, 2.45) is 0 Å². The standard InChI is InChI=1S/C17H14FN3O3/c1-24-16-3-2-14(6-11-4-5-19-10-11)20-17(16)12-7-13(18)9-15(8-12)21(22)23/h2-5,7-10,19H,6H2,1H3/i1-1,6D2. The Balaban J connectivity index is 2.17. The molecule has 6 nitrogen and oxygen atoms in total. The average Bonchev–Trinajstić information content (AvgIpc) is 3.16. The number of H-pyrrole nitrogens is 1. The molecule has 0 spiro atoms. The third-order valence-corrected chi connectivity index (χ3v) is 3.32. The van der Waals surface area contributed by atoms with E-state index < -0.39 is 22.8 Å². The molecule has 0 aliphatic rings. The van der Waals surface area contributed by atoms with Crippen molar-refractivity contribution in [3.8, 4) is 17.0 Å². The summed E-state index contributed by atoms with van der Waals surface area (Å²) in [4.78, 5) is 17.4. The van der Waals surface area contributed by atoms with Gasteiger partial charge in [0.15, 0.2) is 0 Å². The number of non-ortho nitro benzene ring substituents is 1. The van der Waals surface area contributed by atoms with Crippen LogP contribution in [0.25, 0.3) is 11.3 Å². The molecule has 0 radical (unpaired) electrons. The van der Waals surface area contributed by atoms with Gasteiger partial charge >= 0.3 is 0 Å². The van der Waals surface area contributed by atoms with Crippen LogP contribution in [0.15, 0.2) is 48.8 Å². The first-order valence-corrected chi connectivity index (χ1v) is 6.97. The van der Waals surface area contributed by atoms with Gasteiger partial charge in [0.25, 0.3) is 5.69 Å². The van der Waals surface area contributed by atoms with Crippen LogP contribution in [-0.4, -0.2) is 22.0 Å². The van der Waals surface area contributed by atoms with Crippen LogP contribution in [0.5, 0.6) is 5.75 Å². The van der Waals surface area contributed by atoms with Gasteiger partial charge in [0.05, 0.1) is 18.1 Å². The van der Waals surface area contributed by atoms with Gasteiger partial charge in [-0.15, -0.1) is 0 Å². The lowest BCUT2D eigenvalue weighted by Crippen LogP contribution is -1.98. The van der Waals surface area contributed by atoms with Crippen LogP contribution in [-0.2, 0) is 6.37 Å². The number of rotatable bonds is 5. The van der Waals surface area contributed by atoms with E-state index in [-0.39, 0.29) is 22.7 Å². The molecule has 7 heteroatoms. The second-order valence-electron chi connectivity index (χ2n) is 4.93. The van der Waals surface area contributed by atoms with Crippen molar-refractivity contribution in [1.29, 1.82) is 0 Å². The van der Waals surface area contributed by atoms with Crippen molar-refractivity contribution >= 4 is 5.69 Å². The minimum atomic E-state index is -1.92. The van der Waals surface area contributed by atoms with E-state index in [4.69, 9.17) is 7.48 Å². The third-order valence-electron chi connectivity index (χ3n) is 3.32. The first-order valence-electron chi connectivity index (χ1n) is 7.97. The number of nitrogens with zero attached hydrogens (tertiary/aromatic N) is 2.